The lowest BCUT2D eigenvalue weighted by Gasteiger charge is -2.33. The van der Waals surface area contributed by atoms with E-state index in [2.05, 4.69) is 6.58 Å². The Hall–Kier alpha value is -3.49. The molecule has 36 heavy (non-hydrogen) atoms. The van der Waals surface area contributed by atoms with Crippen molar-refractivity contribution in [3.8, 4) is 0 Å². The Morgan fingerprint density at radius 3 is 2.36 bits per heavy atom. The second-order valence-corrected chi connectivity index (χ2v) is 8.61. The van der Waals surface area contributed by atoms with Gasteiger partial charge in [-0.05, 0) is 12.0 Å². The standard InChI is InChI=1S/C28H32O8/c1-4-5-16-27(24-14-10-7-11-15-24)35-25(19-32-20-29)28(36-27,34-22(3)30)17-21(2)26(31)33-18-23-12-8-6-9-13-23/h6-15,20,25H,2,4-5,16-19H2,1,3H3. The molecular weight excluding hydrogens is 464 g/mol. The quantitative estimate of drug-likeness (QED) is 0.172. The maximum absolute atomic E-state index is 12.8. The lowest BCUT2D eigenvalue weighted by atomic mass is 9.99. The zero-order valence-corrected chi connectivity index (χ0v) is 20.6. The minimum atomic E-state index is -1.78. The fourth-order valence-corrected chi connectivity index (χ4v) is 4.17. The highest BCUT2D eigenvalue weighted by Crippen LogP contribution is 2.49. The number of ether oxygens (including phenoxy) is 5. The maximum atomic E-state index is 12.8. The normalized spacial score (nSPS) is 23.0. The molecule has 0 N–H and O–H groups in total. The highest BCUT2D eigenvalue weighted by molar-refractivity contribution is 5.88. The lowest BCUT2D eigenvalue weighted by molar-refractivity contribution is -0.265. The number of hydrogen-bond acceptors (Lipinski definition) is 8. The van der Waals surface area contributed by atoms with Crippen LogP contribution >= 0.6 is 0 Å². The molecule has 0 bridgehead atoms. The molecule has 8 nitrogen and oxygen atoms in total. The van der Waals surface area contributed by atoms with Crippen LogP contribution in [0.15, 0.2) is 72.8 Å². The third kappa shape index (κ3) is 6.59. The zero-order chi connectivity index (χ0) is 26.0. The van der Waals surface area contributed by atoms with E-state index in [1.54, 1.807) is 0 Å². The number of benzene rings is 2. The van der Waals surface area contributed by atoms with Crippen LogP contribution < -0.4 is 0 Å². The average Bonchev–Trinajstić information content (AvgIpc) is 3.18. The molecule has 1 fully saturated rings. The van der Waals surface area contributed by atoms with Gasteiger partial charge in [0.1, 0.15) is 13.2 Å². The second kappa shape index (κ2) is 12.5. The van der Waals surface area contributed by atoms with Gasteiger partial charge in [-0.1, -0.05) is 80.6 Å². The third-order valence-corrected chi connectivity index (χ3v) is 5.83. The maximum Gasteiger partial charge on any atom is 0.333 e. The summed E-state index contributed by atoms with van der Waals surface area (Å²) in [5.74, 6) is -4.40. The zero-order valence-electron chi connectivity index (χ0n) is 20.6. The first-order chi connectivity index (χ1) is 17.3. The van der Waals surface area contributed by atoms with Gasteiger partial charge in [0.05, 0.1) is 0 Å². The SMILES string of the molecule is C=C(CC1(OC(C)=O)OC(CCCC)(c2ccccc2)OC1COC=O)C(=O)OCc1ccccc1. The van der Waals surface area contributed by atoms with Crippen molar-refractivity contribution in [1.82, 2.24) is 0 Å². The molecule has 0 amide bonds. The summed E-state index contributed by atoms with van der Waals surface area (Å²) in [6.07, 6.45) is 0.775. The summed E-state index contributed by atoms with van der Waals surface area (Å²) in [5, 5.41) is 0. The molecule has 3 rings (SSSR count). The van der Waals surface area contributed by atoms with E-state index >= 15 is 0 Å². The predicted octanol–water partition coefficient (Wildman–Crippen LogP) is 4.57. The Morgan fingerprint density at radius 2 is 1.75 bits per heavy atom. The smallest absolute Gasteiger partial charge is 0.333 e. The van der Waals surface area contributed by atoms with Gasteiger partial charge in [-0.25, -0.2) is 4.79 Å². The first-order valence-electron chi connectivity index (χ1n) is 11.9. The van der Waals surface area contributed by atoms with Gasteiger partial charge in [-0.3, -0.25) is 9.59 Å². The molecule has 2 aromatic carbocycles. The van der Waals surface area contributed by atoms with Crippen LogP contribution in [0.1, 0.15) is 50.7 Å². The first-order valence-corrected chi connectivity index (χ1v) is 11.9. The van der Waals surface area contributed by atoms with E-state index in [1.165, 1.54) is 6.92 Å². The Labute approximate surface area is 211 Å². The van der Waals surface area contributed by atoms with Gasteiger partial charge in [-0.15, -0.1) is 0 Å². The van der Waals surface area contributed by atoms with Crippen molar-refractivity contribution >= 4 is 18.4 Å². The van der Waals surface area contributed by atoms with Gasteiger partial charge in [0.25, 0.3) is 12.3 Å². The van der Waals surface area contributed by atoms with Crippen molar-refractivity contribution < 1.29 is 38.1 Å². The highest BCUT2D eigenvalue weighted by atomic mass is 16.9. The molecule has 192 valence electrons. The molecule has 1 aliphatic heterocycles. The van der Waals surface area contributed by atoms with Crippen molar-refractivity contribution in [3.05, 3.63) is 83.9 Å². The van der Waals surface area contributed by atoms with Crippen LogP contribution in [0.4, 0.5) is 0 Å². The fraction of sp³-hybridized carbons (Fsp3) is 0.393. The highest BCUT2D eigenvalue weighted by Gasteiger charge is 2.61. The van der Waals surface area contributed by atoms with Crippen LogP contribution in [0.25, 0.3) is 0 Å². The molecule has 0 aliphatic carbocycles. The molecule has 0 aromatic heterocycles. The number of unbranched alkanes of at least 4 members (excludes halogenated alkanes) is 1. The topological polar surface area (TPSA) is 97.4 Å². The predicted molar refractivity (Wildman–Crippen MR) is 130 cm³/mol. The summed E-state index contributed by atoms with van der Waals surface area (Å²) in [5.41, 5.74) is 1.54. The van der Waals surface area contributed by atoms with E-state index in [9.17, 15) is 14.4 Å². The Kier molecular flexibility index (Phi) is 9.38. The second-order valence-electron chi connectivity index (χ2n) is 8.61. The third-order valence-electron chi connectivity index (χ3n) is 5.83. The van der Waals surface area contributed by atoms with Crippen LogP contribution in [0.2, 0.25) is 0 Å². The van der Waals surface area contributed by atoms with Crippen molar-refractivity contribution in [3.63, 3.8) is 0 Å². The number of carbonyl (C=O) groups excluding carboxylic acids is 3. The molecule has 3 unspecified atom stereocenters. The Bertz CT molecular complexity index is 1040. The van der Waals surface area contributed by atoms with Crippen molar-refractivity contribution in [2.24, 2.45) is 0 Å². The molecule has 1 saturated heterocycles. The molecule has 8 heteroatoms. The first kappa shape index (κ1) is 27.1. The number of rotatable bonds is 13. The molecule has 0 saturated carbocycles. The minimum absolute atomic E-state index is 0.0197. The number of carbonyl (C=O) groups is 3. The van der Waals surface area contributed by atoms with E-state index in [1.807, 2.05) is 67.6 Å². The largest absolute Gasteiger partial charge is 0.465 e. The van der Waals surface area contributed by atoms with E-state index in [0.717, 1.165) is 18.4 Å². The van der Waals surface area contributed by atoms with Gasteiger partial charge in [0.2, 0.25) is 0 Å². The van der Waals surface area contributed by atoms with Gasteiger partial charge in [0, 0.05) is 30.9 Å². The fourth-order valence-electron chi connectivity index (χ4n) is 4.17. The summed E-state index contributed by atoms with van der Waals surface area (Å²) in [7, 11) is 0. The Balaban J connectivity index is 1.91. The molecule has 1 heterocycles. The van der Waals surface area contributed by atoms with E-state index in [0.29, 0.717) is 12.0 Å². The summed E-state index contributed by atoms with van der Waals surface area (Å²) in [6, 6.07) is 18.5. The van der Waals surface area contributed by atoms with Gasteiger partial charge in [-0.2, -0.15) is 0 Å². The van der Waals surface area contributed by atoms with Crippen molar-refractivity contribution in [2.75, 3.05) is 6.61 Å². The molecule has 0 radical (unpaired) electrons. The Morgan fingerprint density at radius 1 is 1.08 bits per heavy atom. The average molecular weight is 497 g/mol. The van der Waals surface area contributed by atoms with Gasteiger partial charge >= 0.3 is 11.9 Å². The van der Waals surface area contributed by atoms with Crippen LogP contribution in [0, 0.1) is 0 Å². The monoisotopic (exact) mass is 496 g/mol. The van der Waals surface area contributed by atoms with Crippen LogP contribution in [0.3, 0.4) is 0 Å². The molecule has 3 atom stereocenters. The summed E-state index contributed by atoms with van der Waals surface area (Å²) in [6.45, 7) is 7.20. The van der Waals surface area contributed by atoms with Crippen LogP contribution in [-0.4, -0.2) is 36.9 Å². The minimum Gasteiger partial charge on any atom is -0.465 e. The van der Waals surface area contributed by atoms with Crippen molar-refractivity contribution in [1.29, 1.82) is 0 Å². The van der Waals surface area contributed by atoms with E-state index in [4.69, 9.17) is 23.7 Å². The van der Waals surface area contributed by atoms with Crippen molar-refractivity contribution in [2.45, 2.75) is 63.8 Å². The molecule has 1 aliphatic rings. The van der Waals surface area contributed by atoms with Gasteiger partial charge in [0.15, 0.2) is 11.9 Å². The van der Waals surface area contributed by atoms with E-state index in [-0.39, 0.29) is 31.7 Å². The number of hydrogen-bond donors (Lipinski definition) is 0. The molecule has 2 aromatic rings. The van der Waals surface area contributed by atoms with Crippen LogP contribution in [0.5, 0.6) is 0 Å². The summed E-state index contributed by atoms with van der Waals surface area (Å²) >= 11 is 0. The van der Waals surface area contributed by atoms with E-state index < -0.39 is 29.6 Å². The molecular formula is C28H32O8. The van der Waals surface area contributed by atoms with Crippen LogP contribution in [-0.2, 0) is 50.5 Å². The molecule has 0 spiro atoms. The lowest BCUT2D eigenvalue weighted by Crippen LogP contribution is -2.47. The summed E-state index contributed by atoms with van der Waals surface area (Å²) in [4.78, 5) is 36.1. The van der Waals surface area contributed by atoms with Gasteiger partial charge < -0.3 is 23.7 Å². The summed E-state index contributed by atoms with van der Waals surface area (Å²) < 4.78 is 29.0. The number of esters is 2.